The minimum absolute atomic E-state index is 0.165. The van der Waals surface area contributed by atoms with E-state index in [9.17, 15) is 0 Å². The highest BCUT2D eigenvalue weighted by atomic mass is 35.5. The minimum atomic E-state index is -0.165. The maximum atomic E-state index is 9.17. The number of alkyl halides is 1. The fourth-order valence-corrected chi connectivity index (χ4v) is 0.774. The van der Waals surface area contributed by atoms with Crippen LogP contribution in [0.4, 0.5) is 0 Å². The van der Waals surface area contributed by atoms with Gasteiger partial charge in [-0.15, -0.1) is 11.6 Å². The van der Waals surface area contributed by atoms with Gasteiger partial charge in [0.2, 0.25) is 0 Å². The fourth-order valence-electron chi connectivity index (χ4n) is 0.774. The van der Waals surface area contributed by atoms with Gasteiger partial charge in [0.25, 0.3) is 0 Å². The largest absolute Gasteiger partial charge is 0.322 e. The second-order valence-electron chi connectivity index (χ2n) is 3.27. The Bertz CT molecular complexity index is 121. The standard InChI is InChI=1S/C8H16N.C2H4ClO/c1-5-7-9(3,4)8-6-2;3-1-2-4/h5-6H,1-2,7-8H2,3-4H3;1-2H2/q+1;. The van der Waals surface area contributed by atoms with Crippen LogP contribution in [-0.2, 0) is 5.11 Å². The molecule has 0 unspecified atom stereocenters. The summed E-state index contributed by atoms with van der Waals surface area (Å²) in [5.74, 6) is 0.236. The van der Waals surface area contributed by atoms with Gasteiger partial charge in [0, 0.05) is 5.88 Å². The maximum Gasteiger partial charge on any atom is 0.0969 e. The van der Waals surface area contributed by atoms with Crippen molar-refractivity contribution in [2.45, 2.75) is 0 Å². The molecule has 0 aliphatic rings. The number of nitrogens with zero attached hydrogens (tertiary/aromatic N) is 1. The van der Waals surface area contributed by atoms with Crippen LogP contribution in [-0.4, -0.2) is 44.2 Å². The average molecular weight is 206 g/mol. The second-order valence-corrected chi connectivity index (χ2v) is 3.65. The SMILES string of the molecule is C=CC[N+](C)(C)CC=C.[O]CCCl. The summed E-state index contributed by atoms with van der Waals surface area (Å²) in [5.41, 5.74) is 0. The van der Waals surface area contributed by atoms with Gasteiger partial charge in [-0.25, -0.2) is 5.11 Å². The summed E-state index contributed by atoms with van der Waals surface area (Å²) in [6.07, 6.45) is 3.87. The van der Waals surface area contributed by atoms with Crippen molar-refractivity contribution >= 4 is 11.6 Å². The number of hydrogen-bond acceptors (Lipinski definition) is 0. The van der Waals surface area contributed by atoms with Crippen LogP contribution < -0.4 is 0 Å². The van der Waals surface area contributed by atoms with Gasteiger partial charge in [0.1, 0.15) is 0 Å². The van der Waals surface area contributed by atoms with Crippen LogP contribution in [0.5, 0.6) is 0 Å². The molecule has 0 aliphatic heterocycles. The Morgan fingerprint density at radius 1 is 1.23 bits per heavy atom. The molecule has 2 nitrogen and oxygen atoms in total. The molecule has 0 bridgehead atoms. The van der Waals surface area contributed by atoms with Gasteiger partial charge in [-0.05, 0) is 12.2 Å². The van der Waals surface area contributed by atoms with E-state index in [0.29, 0.717) is 0 Å². The van der Waals surface area contributed by atoms with Crippen LogP contribution in [0.2, 0.25) is 0 Å². The van der Waals surface area contributed by atoms with E-state index in [-0.39, 0.29) is 12.5 Å². The molecule has 0 amide bonds. The quantitative estimate of drug-likeness (QED) is 0.372. The van der Waals surface area contributed by atoms with E-state index < -0.39 is 0 Å². The first-order chi connectivity index (χ1) is 6.04. The van der Waals surface area contributed by atoms with Crippen molar-refractivity contribution in [1.29, 1.82) is 0 Å². The molecule has 0 saturated carbocycles. The van der Waals surface area contributed by atoms with Gasteiger partial charge in [0.15, 0.2) is 0 Å². The van der Waals surface area contributed by atoms with Gasteiger partial charge in [-0.3, -0.25) is 0 Å². The molecule has 1 radical (unpaired) electrons. The number of hydrogen-bond donors (Lipinski definition) is 0. The van der Waals surface area contributed by atoms with E-state index in [1.54, 1.807) is 0 Å². The predicted octanol–water partition coefficient (Wildman–Crippen LogP) is 2.09. The highest BCUT2D eigenvalue weighted by Gasteiger charge is 2.07. The third-order valence-electron chi connectivity index (χ3n) is 1.32. The van der Waals surface area contributed by atoms with Crippen LogP contribution in [0.1, 0.15) is 0 Å². The van der Waals surface area contributed by atoms with Crippen molar-refractivity contribution in [3.63, 3.8) is 0 Å². The van der Waals surface area contributed by atoms with Gasteiger partial charge >= 0.3 is 0 Å². The van der Waals surface area contributed by atoms with E-state index in [0.717, 1.165) is 17.6 Å². The first kappa shape index (κ1) is 15.2. The molecule has 0 heterocycles. The zero-order valence-electron chi connectivity index (χ0n) is 8.63. The summed E-state index contributed by atoms with van der Waals surface area (Å²) in [7, 11) is 4.31. The highest BCUT2D eigenvalue weighted by molar-refractivity contribution is 6.17. The maximum absolute atomic E-state index is 9.17. The normalized spacial score (nSPS) is 9.85. The zero-order chi connectivity index (χ0) is 10.7. The van der Waals surface area contributed by atoms with Crippen molar-refractivity contribution < 1.29 is 9.59 Å². The first-order valence-corrected chi connectivity index (χ1v) is 4.75. The van der Waals surface area contributed by atoms with Crippen LogP contribution in [0, 0.1) is 0 Å². The van der Waals surface area contributed by atoms with Crippen molar-refractivity contribution in [2.24, 2.45) is 0 Å². The minimum Gasteiger partial charge on any atom is -0.322 e. The summed E-state index contributed by atoms with van der Waals surface area (Å²) < 4.78 is 0.951. The Labute approximate surface area is 86.7 Å². The lowest BCUT2D eigenvalue weighted by Crippen LogP contribution is -2.39. The molecule has 0 N–H and O–H groups in total. The number of quaternary nitrogens is 1. The molecule has 77 valence electrons. The summed E-state index contributed by atoms with van der Waals surface area (Å²) >= 11 is 4.87. The lowest BCUT2D eigenvalue weighted by molar-refractivity contribution is -0.878. The van der Waals surface area contributed by atoms with Crippen molar-refractivity contribution in [1.82, 2.24) is 0 Å². The van der Waals surface area contributed by atoms with Crippen LogP contribution >= 0.6 is 11.6 Å². The Morgan fingerprint density at radius 2 is 1.54 bits per heavy atom. The Morgan fingerprint density at radius 3 is 1.69 bits per heavy atom. The zero-order valence-corrected chi connectivity index (χ0v) is 9.39. The lowest BCUT2D eigenvalue weighted by atomic mass is 10.4. The van der Waals surface area contributed by atoms with Crippen LogP contribution in [0.15, 0.2) is 25.3 Å². The Balaban J connectivity index is 0. The molecule has 0 rings (SSSR count). The molecular weight excluding hydrogens is 186 g/mol. The summed E-state index contributed by atoms with van der Waals surface area (Å²) in [4.78, 5) is 0. The smallest absolute Gasteiger partial charge is 0.0969 e. The van der Waals surface area contributed by atoms with Crippen molar-refractivity contribution in [3.8, 4) is 0 Å². The first-order valence-electron chi connectivity index (χ1n) is 4.22. The monoisotopic (exact) mass is 205 g/mol. The third kappa shape index (κ3) is 14.5. The highest BCUT2D eigenvalue weighted by Crippen LogP contribution is 1.95. The molecule has 0 aromatic carbocycles. The molecule has 0 aromatic rings. The van der Waals surface area contributed by atoms with E-state index in [2.05, 4.69) is 27.3 Å². The average Bonchev–Trinajstić information content (AvgIpc) is 2.04. The Kier molecular flexibility index (Phi) is 11.4. The predicted molar refractivity (Wildman–Crippen MR) is 58.5 cm³/mol. The van der Waals surface area contributed by atoms with Crippen LogP contribution in [0.3, 0.4) is 0 Å². The number of rotatable bonds is 5. The van der Waals surface area contributed by atoms with Gasteiger partial charge in [0.05, 0.1) is 33.8 Å². The number of halogens is 1. The molecular formula is C10H20ClNO+. The second kappa shape index (κ2) is 9.78. The van der Waals surface area contributed by atoms with Gasteiger partial charge in [-0.1, -0.05) is 13.2 Å². The lowest BCUT2D eigenvalue weighted by Gasteiger charge is -2.26. The van der Waals surface area contributed by atoms with E-state index >= 15 is 0 Å². The van der Waals surface area contributed by atoms with E-state index in [1.807, 2.05) is 12.2 Å². The van der Waals surface area contributed by atoms with Crippen LogP contribution in [0.25, 0.3) is 0 Å². The summed E-state index contributed by atoms with van der Waals surface area (Å²) in [6, 6.07) is 0. The summed E-state index contributed by atoms with van der Waals surface area (Å²) in [5, 5.41) is 9.17. The third-order valence-corrected chi connectivity index (χ3v) is 1.48. The summed E-state index contributed by atoms with van der Waals surface area (Å²) in [6.45, 7) is 9.20. The molecule has 0 atom stereocenters. The van der Waals surface area contributed by atoms with Gasteiger partial charge in [-0.2, -0.15) is 0 Å². The molecule has 0 aliphatic carbocycles. The molecule has 0 saturated heterocycles. The van der Waals surface area contributed by atoms with E-state index in [4.69, 9.17) is 16.7 Å². The topological polar surface area (TPSA) is 19.9 Å². The molecule has 0 fully saturated rings. The van der Waals surface area contributed by atoms with Crippen molar-refractivity contribution in [2.75, 3.05) is 39.7 Å². The fraction of sp³-hybridized carbons (Fsp3) is 0.600. The molecule has 3 heteroatoms. The van der Waals surface area contributed by atoms with Gasteiger partial charge < -0.3 is 4.48 Å². The molecule has 13 heavy (non-hydrogen) atoms. The molecule has 0 spiro atoms. The number of likely N-dealkylation sites (N-methyl/N-ethyl adjacent to an activating group) is 1. The van der Waals surface area contributed by atoms with Crippen molar-refractivity contribution in [3.05, 3.63) is 25.3 Å². The Hall–Kier alpha value is -0.310. The van der Waals surface area contributed by atoms with E-state index in [1.165, 1.54) is 0 Å². The molecule has 0 aromatic heterocycles.